The monoisotopic (exact) mass is 240 g/mol. The van der Waals surface area contributed by atoms with Gasteiger partial charge < -0.3 is 5.73 Å². The van der Waals surface area contributed by atoms with E-state index < -0.39 is 17.6 Å². The van der Waals surface area contributed by atoms with E-state index in [1.165, 1.54) is 6.07 Å². The zero-order valence-corrected chi connectivity index (χ0v) is 8.45. The van der Waals surface area contributed by atoms with Crippen molar-refractivity contribution in [1.29, 1.82) is 5.26 Å². The highest BCUT2D eigenvalue weighted by Gasteiger charge is 2.33. The van der Waals surface area contributed by atoms with Crippen LogP contribution in [0.2, 0.25) is 0 Å². The normalized spacial score (nSPS) is 11.4. The van der Waals surface area contributed by atoms with Gasteiger partial charge in [0.05, 0.1) is 17.2 Å². The Morgan fingerprint density at radius 2 is 2.06 bits per heavy atom. The van der Waals surface area contributed by atoms with E-state index in [9.17, 15) is 18.0 Å². The van der Waals surface area contributed by atoms with Crippen molar-refractivity contribution >= 4 is 12.0 Å². The lowest BCUT2D eigenvalue weighted by molar-refractivity contribution is -0.137. The Bertz CT molecular complexity index is 512. The fraction of sp³-hybridized carbons (Fsp3) is 0.0909. The molecule has 0 aromatic heterocycles. The lowest BCUT2D eigenvalue weighted by atomic mass is 10.0. The molecule has 0 heterocycles. The molecule has 3 nitrogen and oxygen atoms in total. The van der Waals surface area contributed by atoms with Gasteiger partial charge in [-0.3, -0.25) is 4.79 Å². The first-order chi connectivity index (χ1) is 7.84. The van der Waals surface area contributed by atoms with Crippen LogP contribution in [0.1, 0.15) is 16.7 Å². The minimum Gasteiger partial charge on any atom is -0.366 e. The smallest absolute Gasteiger partial charge is 0.366 e. The molecule has 0 spiro atoms. The number of benzene rings is 1. The minimum absolute atomic E-state index is 0.103. The van der Waals surface area contributed by atoms with Crippen molar-refractivity contribution in [1.82, 2.24) is 0 Å². The number of rotatable bonds is 2. The second kappa shape index (κ2) is 4.70. The molecule has 0 atom stereocenters. The maximum Gasteiger partial charge on any atom is 0.417 e. The van der Waals surface area contributed by atoms with Crippen LogP contribution in [-0.4, -0.2) is 5.91 Å². The summed E-state index contributed by atoms with van der Waals surface area (Å²) in [4.78, 5) is 10.5. The van der Waals surface area contributed by atoms with Crippen molar-refractivity contribution in [3.8, 4) is 6.07 Å². The highest BCUT2D eigenvalue weighted by Crippen LogP contribution is 2.33. The first kappa shape index (κ1) is 12.8. The van der Waals surface area contributed by atoms with Crippen LogP contribution in [0.15, 0.2) is 24.3 Å². The van der Waals surface area contributed by atoms with Gasteiger partial charge in [0, 0.05) is 6.08 Å². The standard InChI is InChI=1S/C11H7F3N2O/c12-11(13,14)9-5-7(6-15)1-2-8(9)3-4-10(16)17/h1-5H,(H2,16,17). The molecule has 0 aliphatic carbocycles. The van der Waals surface area contributed by atoms with Crippen molar-refractivity contribution in [3.05, 3.63) is 41.0 Å². The average Bonchev–Trinajstić information content (AvgIpc) is 2.24. The Morgan fingerprint density at radius 1 is 1.41 bits per heavy atom. The van der Waals surface area contributed by atoms with E-state index in [1.54, 1.807) is 6.07 Å². The van der Waals surface area contributed by atoms with Gasteiger partial charge in [0.25, 0.3) is 0 Å². The number of amides is 1. The molecule has 1 aromatic carbocycles. The molecule has 0 aliphatic rings. The molecule has 1 aromatic rings. The number of nitriles is 1. The Labute approximate surface area is 95.0 Å². The molecule has 1 amide bonds. The third-order valence-electron chi connectivity index (χ3n) is 1.91. The van der Waals surface area contributed by atoms with E-state index in [4.69, 9.17) is 11.0 Å². The molecule has 0 unspecified atom stereocenters. The number of nitrogens with two attached hydrogens (primary N) is 1. The molecule has 0 bridgehead atoms. The van der Waals surface area contributed by atoms with Crippen LogP contribution in [-0.2, 0) is 11.0 Å². The summed E-state index contributed by atoms with van der Waals surface area (Å²) in [7, 11) is 0. The van der Waals surface area contributed by atoms with Crippen LogP contribution in [0, 0.1) is 11.3 Å². The lowest BCUT2D eigenvalue weighted by Gasteiger charge is -2.10. The predicted molar refractivity (Wildman–Crippen MR) is 54.4 cm³/mol. The quantitative estimate of drug-likeness (QED) is 0.804. The molecule has 17 heavy (non-hydrogen) atoms. The molecular formula is C11H7F3N2O. The number of halogens is 3. The van der Waals surface area contributed by atoms with Gasteiger partial charge >= 0.3 is 6.18 Å². The molecule has 0 radical (unpaired) electrons. The number of hydrogen-bond donors (Lipinski definition) is 1. The number of carbonyl (C=O) groups excluding carboxylic acids is 1. The fourth-order valence-corrected chi connectivity index (χ4v) is 1.19. The van der Waals surface area contributed by atoms with Crippen LogP contribution >= 0.6 is 0 Å². The van der Waals surface area contributed by atoms with Gasteiger partial charge in [-0.05, 0) is 23.8 Å². The first-order valence-electron chi connectivity index (χ1n) is 4.43. The first-order valence-corrected chi connectivity index (χ1v) is 4.43. The predicted octanol–water partition coefficient (Wildman–Crippen LogP) is 2.08. The number of primary amides is 1. The number of alkyl halides is 3. The van der Waals surface area contributed by atoms with Crippen molar-refractivity contribution in [2.75, 3.05) is 0 Å². The van der Waals surface area contributed by atoms with Crippen LogP contribution in [0.25, 0.3) is 6.08 Å². The Balaban J connectivity index is 3.31. The fourth-order valence-electron chi connectivity index (χ4n) is 1.19. The van der Waals surface area contributed by atoms with Crippen molar-refractivity contribution < 1.29 is 18.0 Å². The van der Waals surface area contributed by atoms with Crippen LogP contribution < -0.4 is 5.73 Å². The summed E-state index contributed by atoms with van der Waals surface area (Å²) in [6, 6.07) is 4.68. The molecule has 2 N–H and O–H groups in total. The maximum atomic E-state index is 12.6. The van der Waals surface area contributed by atoms with Gasteiger partial charge in [-0.15, -0.1) is 0 Å². The summed E-state index contributed by atoms with van der Waals surface area (Å²) in [6.45, 7) is 0. The van der Waals surface area contributed by atoms with Crippen molar-refractivity contribution in [2.24, 2.45) is 5.73 Å². The van der Waals surface area contributed by atoms with Gasteiger partial charge in [-0.25, -0.2) is 0 Å². The van der Waals surface area contributed by atoms with E-state index in [1.807, 2.05) is 0 Å². The van der Waals surface area contributed by atoms with Gasteiger partial charge in [0.1, 0.15) is 0 Å². The zero-order valence-electron chi connectivity index (χ0n) is 8.45. The van der Waals surface area contributed by atoms with Gasteiger partial charge in [0.2, 0.25) is 5.91 Å². The van der Waals surface area contributed by atoms with Crippen molar-refractivity contribution in [3.63, 3.8) is 0 Å². The zero-order chi connectivity index (χ0) is 13.1. The molecule has 0 fully saturated rings. The Morgan fingerprint density at radius 3 is 2.53 bits per heavy atom. The van der Waals surface area contributed by atoms with E-state index in [-0.39, 0.29) is 11.1 Å². The average molecular weight is 240 g/mol. The molecule has 0 saturated heterocycles. The summed E-state index contributed by atoms with van der Waals surface area (Å²) in [5.74, 6) is -0.845. The van der Waals surface area contributed by atoms with E-state index in [0.717, 1.165) is 24.3 Å². The topological polar surface area (TPSA) is 66.9 Å². The summed E-state index contributed by atoms with van der Waals surface area (Å²) < 4.78 is 37.9. The third-order valence-corrected chi connectivity index (χ3v) is 1.91. The summed E-state index contributed by atoms with van der Waals surface area (Å²) in [5, 5.41) is 8.53. The number of carbonyl (C=O) groups is 1. The van der Waals surface area contributed by atoms with Gasteiger partial charge in [-0.1, -0.05) is 6.07 Å². The molecule has 0 saturated carbocycles. The van der Waals surface area contributed by atoms with Crippen LogP contribution in [0.5, 0.6) is 0 Å². The molecule has 1 rings (SSSR count). The van der Waals surface area contributed by atoms with Gasteiger partial charge in [0.15, 0.2) is 0 Å². The van der Waals surface area contributed by atoms with Crippen molar-refractivity contribution in [2.45, 2.75) is 6.18 Å². The second-order valence-corrected chi connectivity index (χ2v) is 3.15. The highest BCUT2D eigenvalue weighted by molar-refractivity contribution is 5.90. The second-order valence-electron chi connectivity index (χ2n) is 3.15. The van der Waals surface area contributed by atoms with Gasteiger partial charge in [-0.2, -0.15) is 18.4 Å². The summed E-state index contributed by atoms with van der Waals surface area (Å²) in [5.41, 5.74) is 3.50. The van der Waals surface area contributed by atoms with E-state index in [0.29, 0.717) is 0 Å². The third kappa shape index (κ3) is 3.34. The number of hydrogen-bond acceptors (Lipinski definition) is 2. The summed E-state index contributed by atoms with van der Waals surface area (Å²) in [6.07, 6.45) is -2.80. The highest BCUT2D eigenvalue weighted by atomic mass is 19.4. The minimum atomic E-state index is -4.59. The Kier molecular flexibility index (Phi) is 3.53. The lowest BCUT2D eigenvalue weighted by Crippen LogP contribution is -2.09. The SMILES string of the molecule is N#Cc1ccc(C=CC(N)=O)c(C(F)(F)F)c1. The van der Waals surface area contributed by atoms with Crippen LogP contribution in [0.4, 0.5) is 13.2 Å². The maximum absolute atomic E-state index is 12.6. The molecular weight excluding hydrogens is 233 g/mol. The number of nitrogens with zero attached hydrogens (tertiary/aromatic N) is 1. The molecule has 88 valence electrons. The van der Waals surface area contributed by atoms with Crippen LogP contribution in [0.3, 0.4) is 0 Å². The van der Waals surface area contributed by atoms with E-state index in [2.05, 4.69) is 0 Å². The Hall–Kier alpha value is -2.29. The summed E-state index contributed by atoms with van der Waals surface area (Å²) >= 11 is 0. The van der Waals surface area contributed by atoms with E-state index >= 15 is 0 Å². The molecule has 6 heteroatoms. The largest absolute Gasteiger partial charge is 0.417 e. The molecule has 0 aliphatic heterocycles.